The smallest absolute Gasteiger partial charge is 0.230 e. The Morgan fingerprint density at radius 3 is 2.79 bits per heavy atom. The van der Waals surface area contributed by atoms with Gasteiger partial charge in [0, 0.05) is 11.3 Å². The number of rotatable bonds is 6. The standard InChI is InChI=1S/C19H15FN6O3/c1-28-17-7-6-14(8-16(17)26-11-21-24-25-26)22-18(27)9-15-10-29-19(23-15)12-2-4-13(20)5-3-12/h2-8,10-11H,9H2,1H3,(H,22,27). The normalized spacial score (nSPS) is 10.7. The van der Waals surface area contributed by atoms with Crippen LogP contribution in [0.3, 0.4) is 0 Å². The zero-order valence-electron chi connectivity index (χ0n) is 15.2. The molecule has 4 aromatic rings. The summed E-state index contributed by atoms with van der Waals surface area (Å²) < 4.78 is 25.1. The maximum atomic E-state index is 13.0. The second kappa shape index (κ2) is 7.89. The second-order valence-corrected chi connectivity index (χ2v) is 6.02. The molecule has 0 aliphatic heterocycles. The van der Waals surface area contributed by atoms with Gasteiger partial charge in [-0.2, -0.15) is 4.68 Å². The van der Waals surface area contributed by atoms with E-state index in [0.29, 0.717) is 34.3 Å². The van der Waals surface area contributed by atoms with Crippen LogP contribution in [0.4, 0.5) is 10.1 Å². The first-order chi connectivity index (χ1) is 14.1. The number of benzene rings is 2. The van der Waals surface area contributed by atoms with Gasteiger partial charge in [0.15, 0.2) is 0 Å². The fourth-order valence-electron chi connectivity index (χ4n) is 2.70. The Balaban J connectivity index is 1.46. The number of nitrogens with one attached hydrogen (secondary N) is 1. The lowest BCUT2D eigenvalue weighted by atomic mass is 10.2. The van der Waals surface area contributed by atoms with Crippen molar-refractivity contribution in [1.29, 1.82) is 0 Å². The number of halogens is 1. The number of nitrogens with zero attached hydrogens (tertiary/aromatic N) is 5. The minimum Gasteiger partial charge on any atom is -0.494 e. The summed E-state index contributed by atoms with van der Waals surface area (Å²) in [5.41, 5.74) is 2.20. The van der Waals surface area contributed by atoms with E-state index in [1.807, 2.05) is 0 Å². The van der Waals surface area contributed by atoms with E-state index in [0.717, 1.165) is 0 Å². The van der Waals surface area contributed by atoms with Crippen molar-refractivity contribution in [3.63, 3.8) is 0 Å². The monoisotopic (exact) mass is 394 g/mol. The van der Waals surface area contributed by atoms with Crippen LogP contribution in [0.5, 0.6) is 5.75 Å². The third kappa shape index (κ3) is 4.10. The molecule has 2 heterocycles. The highest BCUT2D eigenvalue weighted by Crippen LogP contribution is 2.25. The summed E-state index contributed by atoms with van der Waals surface area (Å²) in [5, 5.41) is 13.8. The average Bonchev–Trinajstić information content (AvgIpc) is 3.41. The van der Waals surface area contributed by atoms with E-state index < -0.39 is 0 Å². The molecule has 9 nitrogen and oxygen atoms in total. The zero-order valence-corrected chi connectivity index (χ0v) is 15.2. The number of ether oxygens (including phenoxy) is 1. The minimum atomic E-state index is -0.347. The van der Waals surface area contributed by atoms with Gasteiger partial charge in [0.2, 0.25) is 11.8 Å². The Labute approximate surface area is 164 Å². The quantitative estimate of drug-likeness (QED) is 0.536. The number of anilines is 1. The molecule has 1 amide bonds. The molecule has 29 heavy (non-hydrogen) atoms. The van der Waals surface area contributed by atoms with E-state index in [-0.39, 0.29) is 18.1 Å². The molecule has 0 fully saturated rings. The molecule has 2 aromatic heterocycles. The number of carbonyl (C=O) groups is 1. The number of methoxy groups -OCH3 is 1. The van der Waals surface area contributed by atoms with Crippen LogP contribution >= 0.6 is 0 Å². The van der Waals surface area contributed by atoms with Crippen molar-refractivity contribution in [2.24, 2.45) is 0 Å². The van der Waals surface area contributed by atoms with Gasteiger partial charge in [-0.15, -0.1) is 5.10 Å². The molecular formula is C19H15FN6O3. The van der Waals surface area contributed by atoms with Crippen molar-refractivity contribution in [3.05, 3.63) is 66.6 Å². The summed E-state index contributed by atoms with van der Waals surface area (Å²) in [6, 6.07) is 10.9. The molecule has 0 aliphatic rings. The number of carbonyl (C=O) groups excluding carboxylic acids is 1. The van der Waals surface area contributed by atoms with Gasteiger partial charge in [-0.05, 0) is 52.9 Å². The molecule has 4 rings (SSSR count). The van der Waals surface area contributed by atoms with E-state index in [1.165, 1.54) is 36.5 Å². The Morgan fingerprint density at radius 1 is 1.24 bits per heavy atom. The fraction of sp³-hybridized carbons (Fsp3) is 0.105. The molecule has 1 N–H and O–H groups in total. The van der Waals surface area contributed by atoms with E-state index in [9.17, 15) is 9.18 Å². The first-order valence-electron chi connectivity index (χ1n) is 8.54. The maximum absolute atomic E-state index is 13.0. The highest BCUT2D eigenvalue weighted by Gasteiger charge is 2.13. The summed E-state index contributed by atoms with van der Waals surface area (Å²) >= 11 is 0. The lowest BCUT2D eigenvalue weighted by Gasteiger charge is -2.10. The topological polar surface area (TPSA) is 108 Å². The van der Waals surface area contributed by atoms with Gasteiger partial charge in [0.25, 0.3) is 0 Å². The van der Waals surface area contributed by atoms with E-state index >= 15 is 0 Å². The van der Waals surface area contributed by atoms with Crippen molar-refractivity contribution in [2.75, 3.05) is 12.4 Å². The van der Waals surface area contributed by atoms with Crippen LogP contribution in [0.1, 0.15) is 5.69 Å². The molecule has 0 unspecified atom stereocenters. The molecule has 0 atom stereocenters. The van der Waals surface area contributed by atoms with Crippen LogP contribution in [0.25, 0.3) is 17.1 Å². The zero-order chi connectivity index (χ0) is 20.2. The lowest BCUT2D eigenvalue weighted by Crippen LogP contribution is -2.15. The van der Waals surface area contributed by atoms with Crippen LogP contribution in [-0.4, -0.2) is 38.2 Å². The minimum absolute atomic E-state index is 0.0109. The van der Waals surface area contributed by atoms with Crippen molar-refractivity contribution in [3.8, 4) is 22.9 Å². The molecule has 146 valence electrons. The lowest BCUT2D eigenvalue weighted by molar-refractivity contribution is -0.115. The number of hydrogen-bond acceptors (Lipinski definition) is 7. The van der Waals surface area contributed by atoms with Crippen LogP contribution in [0.15, 0.2) is 59.5 Å². The number of tetrazole rings is 1. The van der Waals surface area contributed by atoms with Gasteiger partial charge in [-0.1, -0.05) is 0 Å². The van der Waals surface area contributed by atoms with E-state index in [1.54, 1.807) is 30.3 Å². The molecule has 0 aliphatic carbocycles. The third-order valence-electron chi connectivity index (χ3n) is 4.04. The highest BCUT2D eigenvalue weighted by molar-refractivity contribution is 5.92. The van der Waals surface area contributed by atoms with Gasteiger partial charge >= 0.3 is 0 Å². The SMILES string of the molecule is COc1ccc(NC(=O)Cc2coc(-c3ccc(F)cc3)n2)cc1-n1cnnn1. The molecule has 2 aromatic carbocycles. The maximum Gasteiger partial charge on any atom is 0.230 e. The Hall–Kier alpha value is -4.08. The van der Waals surface area contributed by atoms with Crippen LogP contribution < -0.4 is 10.1 Å². The van der Waals surface area contributed by atoms with E-state index in [4.69, 9.17) is 9.15 Å². The fourth-order valence-corrected chi connectivity index (χ4v) is 2.70. The summed E-state index contributed by atoms with van der Waals surface area (Å²) in [5.74, 6) is 0.242. The molecule has 0 saturated heterocycles. The van der Waals surface area contributed by atoms with Gasteiger partial charge in [0.05, 0.1) is 19.2 Å². The average molecular weight is 394 g/mol. The van der Waals surface area contributed by atoms with Crippen LogP contribution in [-0.2, 0) is 11.2 Å². The Bertz CT molecular complexity index is 1130. The van der Waals surface area contributed by atoms with Crippen LogP contribution in [0, 0.1) is 5.82 Å². The molecule has 0 spiro atoms. The Kier molecular flexibility index (Phi) is 4.97. The number of oxazole rings is 1. The van der Waals surface area contributed by atoms with Gasteiger partial charge in [-0.3, -0.25) is 4.79 Å². The first-order valence-corrected chi connectivity index (χ1v) is 8.54. The molecule has 0 saturated carbocycles. The van der Waals surface area contributed by atoms with E-state index in [2.05, 4.69) is 25.8 Å². The predicted octanol–water partition coefficient (Wildman–Crippen LogP) is 2.65. The molecular weight excluding hydrogens is 379 g/mol. The van der Waals surface area contributed by atoms with Crippen LogP contribution in [0.2, 0.25) is 0 Å². The summed E-state index contributed by atoms with van der Waals surface area (Å²) in [4.78, 5) is 16.7. The highest BCUT2D eigenvalue weighted by atomic mass is 19.1. The number of amides is 1. The molecule has 0 bridgehead atoms. The number of hydrogen-bond donors (Lipinski definition) is 1. The van der Waals surface area contributed by atoms with Crippen molar-refractivity contribution in [1.82, 2.24) is 25.2 Å². The van der Waals surface area contributed by atoms with Crippen molar-refractivity contribution in [2.45, 2.75) is 6.42 Å². The summed E-state index contributed by atoms with van der Waals surface area (Å²) in [6.07, 6.45) is 2.84. The first kappa shape index (κ1) is 18.3. The Morgan fingerprint density at radius 2 is 2.07 bits per heavy atom. The summed E-state index contributed by atoms with van der Waals surface area (Å²) in [7, 11) is 1.53. The van der Waals surface area contributed by atoms with Gasteiger partial charge in [0.1, 0.15) is 29.8 Å². The van der Waals surface area contributed by atoms with Crippen molar-refractivity contribution >= 4 is 11.6 Å². The van der Waals surface area contributed by atoms with Gasteiger partial charge < -0.3 is 14.5 Å². The molecule has 10 heteroatoms. The number of aromatic nitrogens is 5. The summed E-state index contributed by atoms with van der Waals surface area (Å²) in [6.45, 7) is 0. The third-order valence-corrected chi connectivity index (χ3v) is 4.04. The predicted molar refractivity (Wildman–Crippen MR) is 99.9 cm³/mol. The molecule has 0 radical (unpaired) electrons. The van der Waals surface area contributed by atoms with Crippen molar-refractivity contribution < 1.29 is 18.3 Å². The largest absolute Gasteiger partial charge is 0.494 e. The van der Waals surface area contributed by atoms with Gasteiger partial charge in [-0.25, -0.2) is 9.37 Å². The second-order valence-electron chi connectivity index (χ2n) is 6.02.